The Labute approximate surface area is 107 Å². The SMILES string of the molecule is Nc1cc(F)c(NC2CCCCCCC2)c(F)c1. The fourth-order valence-corrected chi connectivity index (χ4v) is 2.54. The number of anilines is 2. The Morgan fingerprint density at radius 3 is 2.00 bits per heavy atom. The molecule has 2 rings (SSSR count). The van der Waals surface area contributed by atoms with Gasteiger partial charge in [-0.25, -0.2) is 8.78 Å². The third-order valence-corrected chi connectivity index (χ3v) is 3.52. The van der Waals surface area contributed by atoms with Crippen molar-refractivity contribution in [2.75, 3.05) is 11.1 Å². The lowest BCUT2D eigenvalue weighted by Gasteiger charge is -2.22. The monoisotopic (exact) mass is 254 g/mol. The van der Waals surface area contributed by atoms with E-state index in [-0.39, 0.29) is 17.4 Å². The number of hydrogen-bond acceptors (Lipinski definition) is 2. The molecule has 4 heteroatoms. The Morgan fingerprint density at radius 2 is 1.44 bits per heavy atom. The molecule has 0 saturated heterocycles. The quantitative estimate of drug-likeness (QED) is 0.781. The number of hydrogen-bond donors (Lipinski definition) is 2. The van der Waals surface area contributed by atoms with Crippen LogP contribution in [0.2, 0.25) is 0 Å². The normalized spacial score (nSPS) is 18.1. The Kier molecular flexibility index (Phi) is 4.39. The van der Waals surface area contributed by atoms with Crippen molar-refractivity contribution < 1.29 is 8.78 Å². The highest BCUT2D eigenvalue weighted by atomic mass is 19.1. The van der Waals surface area contributed by atoms with E-state index in [0.29, 0.717) is 0 Å². The molecule has 1 fully saturated rings. The van der Waals surface area contributed by atoms with E-state index in [1.165, 1.54) is 19.3 Å². The number of benzene rings is 1. The first-order valence-corrected chi connectivity index (χ1v) is 6.68. The molecule has 1 aromatic carbocycles. The summed E-state index contributed by atoms with van der Waals surface area (Å²) >= 11 is 0. The molecular formula is C14H20F2N2. The molecule has 0 unspecified atom stereocenters. The maximum Gasteiger partial charge on any atom is 0.151 e. The summed E-state index contributed by atoms with van der Waals surface area (Å²) in [4.78, 5) is 0. The van der Waals surface area contributed by atoms with Gasteiger partial charge in [-0.05, 0) is 25.0 Å². The van der Waals surface area contributed by atoms with Crippen molar-refractivity contribution in [2.45, 2.75) is 51.0 Å². The van der Waals surface area contributed by atoms with Crippen LogP contribution in [0.4, 0.5) is 20.2 Å². The standard InChI is InChI=1S/C14H20F2N2/c15-12-8-10(17)9-13(16)14(12)18-11-6-4-2-1-3-5-7-11/h8-9,11,18H,1-7,17H2. The molecule has 2 nitrogen and oxygen atoms in total. The summed E-state index contributed by atoms with van der Waals surface area (Å²) in [5, 5.41) is 3.01. The van der Waals surface area contributed by atoms with Crippen molar-refractivity contribution in [3.05, 3.63) is 23.8 Å². The lowest BCUT2D eigenvalue weighted by molar-refractivity contribution is 0.467. The van der Waals surface area contributed by atoms with Crippen LogP contribution in [0.1, 0.15) is 44.9 Å². The van der Waals surface area contributed by atoms with Crippen LogP contribution in [0, 0.1) is 11.6 Å². The van der Waals surface area contributed by atoms with E-state index in [0.717, 1.165) is 37.8 Å². The molecule has 18 heavy (non-hydrogen) atoms. The maximum atomic E-state index is 13.7. The summed E-state index contributed by atoms with van der Waals surface area (Å²) in [7, 11) is 0. The molecule has 1 saturated carbocycles. The van der Waals surface area contributed by atoms with Gasteiger partial charge in [-0.2, -0.15) is 0 Å². The molecule has 1 aliphatic carbocycles. The highest BCUT2D eigenvalue weighted by Gasteiger charge is 2.16. The second-order valence-corrected chi connectivity index (χ2v) is 5.05. The van der Waals surface area contributed by atoms with E-state index in [1.807, 2.05) is 0 Å². The first-order chi connectivity index (χ1) is 8.66. The zero-order valence-corrected chi connectivity index (χ0v) is 10.5. The van der Waals surface area contributed by atoms with E-state index >= 15 is 0 Å². The average Bonchev–Trinajstić information content (AvgIpc) is 2.25. The minimum absolute atomic E-state index is 0.0326. The minimum Gasteiger partial charge on any atom is -0.399 e. The van der Waals surface area contributed by atoms with Gasteiger partial charge in [0.15, 0.2) is 11.6 Å². The summed E-state index contributed by atoms with van der Waals surface area (Å²) in [5.41, 5.74) is 5.49. The molecule has 0 amide bonds. The lowest BCUT2D eigenvalue weighted by Crippen LogP contribution is -2.22. The molecule has 1 aromatic rings. The maximum absolute atomic E-state index is 13.7. The van der Waals surface area contributed by atoms with Gasteiger partial charge in [-0.15, -0.1) is 0 Å². The number of nitrogen functional groups attached to an aromatic ring is 1. The summed E-state index contributed by atoms with van der Waals surface area (Å²) in [6.07, 6.45) is 7.89. The predicted octanol–water partition coefficient (Wildman–Crippen LogP) is 4.07. The Balaban J connectivity index is 2.07. The molecule has 0 bridgehead atoms. The first kappa shape index (κ1) is 13.1. The lowest BCUT2D eigenvalue weighted by atomic mass is 9.96. The van der Waals surface area contributed by atoms with E-state index in [4.69, 9.17) is 5.73 Å². The molecule has 0 aromatic heterocycles. The van der Waals surface area contributed by atoms with E-state index < -0.39 is 11.6 Å². The van der Waals surface area contributed by atoms with Gasteiger partial charge >= 0.3 is 0 Å². The Morgan fingerprint density at radius 1 is 0.944 bits per heavy atom. The topological polar surface area (TPSA) is 38.0 Å². The molecule has 0 radical (unpaired) electrons. The molecule has 3 N–H and O–H groups in total. The zero-order chi connectivity index (χ0) is 13.0. The Bertz CT molecular complexity index is 376. The summed E-state index contributed by atoms with van der Waals surface area (Å²) < 4.78 is 27.3. The van der Waals surface area contributed by atoms with E-state index in [1.54, 1.807) is 0 Å². The second kappa shape index (κ2) is 6.03. The third kappa shape index (κ3) is 3.34. The van der Waals surface area contributed by atoms with Gasteiger partial charge < -0.3 is 11.1 Å². The van der Waals surface area contributed by atoms with Gasteiger partial charge in [0.25, 0.3) is 0 Å². The van der Waals surface area contributed by atoms with Gasteiger partial charge in [0.1, 0.15) is 5.69 Å². The second-order valence-electron chi connectivity index (χ2n) is 5.05. The summed E-state index contributed by atoms with van der Waals surface area (Å²) in [6, 6.07) is 2.49. The van der Waals surface area contributed by atoms with Crippen molar-refractivity contribution in [3.8, 4) is 0 Å². The van der Waals surface area contributed by atoms with Crippen LogP contribution in [-0.2, 0) is 0 Å². The fourth-order valence-electron chi connectivity index (χ4n) is 2.54. The smallest absolute Gasteiger partial charge is 0.151 e. The van der Waals surface area contributed by atoms with Crippen molar-refractivity contribution in [1.82, 2.24) is 0 Å². The predicted molar refractivity (Wildman–Crippen MR) is 70.5 cm³/mol. The number of nitrogens with one attached hydrogen (secondary N) is 1. The van der Waals surface area contributed by atoms with Gasteiger partial charge in [0, 0.05) is 11.7 Å². The van der Waals surface area contributed by atoms with Crippen LogP contribution in [0.15, 0.2) is 12.1 Å². The van der Waals surface area contributed by atoms with Crippen molar-refractivity contribution in [1.29, 1.82) is 0 Å². The minimum atomic E-state index is -0.602. The molecule has 0 aliphatic heterocycles. The molecule has 1 aliphatic rings. The third-order valence-electron chi connectivity index (χ3n) is 3.52. The van der Waals surface area contributed by atoms with Crippen LogP contribution >= 0.6 is 0 Å². The molecular weight excluding hydrogens is 234 g/mol. The number of rotatable bonds is 2. The van der Waals surface area contributed by atoms with Crippen molar-refractivity contribution in [2.24, 2.45) is 0 Å². The fraction of sp³-hybridized carbons (Fsp3) is 0.571. The highest BCUT2D eigenvalue weighted by Crippen LogP contribution is 2.26. The molecule has 0 spiro atoms. The average molecular weight is 254 g/mol. The summed E-state index contributed by atoms with van der Waals surface area (Å²) in [5.74, 6) is -1.20. The number of nitrogens with two attached hydrogens (primary N) is 1. The van der Waals surface area contributed by atoms with Gasteiger partial charge in [0.2, 0.25) is 0 Å². The summed E-state index contributed by atoms with van der Waals surface area (Å²) in [6.45, 7) is 0. The van der Waals surface area contributed by atoms with Crippen LogP contribution in [0.3, 0.4) is 0 Å². The number of halogens is 2. The zero-order valence-electron chi connectivity index (χ0n) is 10.5. The van der Waals surface area contributed by atoms with Gasteiger partial charge in [0.05, 0.1) is 0 Å². The van der Waals surface area contributed by atoms with Crippen LogP contribution < -0.4 is 11.1 Å². The molecule has 0 atom stereocenters. The molecule has 100 valence electrons. The highest BCUT2D eigenvalue weighted by molar-refractivity contribution is 5.54. The van der Waals surface area contributed by atoms with Gasteiger partial charge in [-0.3, -0.25) is 0 Å². The van der Waals surface area contributed by atoms with Crippen molar-refractivity contribution >= 4 is 11.4 Å². The van der Waals surface area contributed by atoms with Crippen LogP contribution in [-0.4, -0.2) is 6.04 Å². The van der Waals surface area contributed by atoms with Crippen molar-refractivity contribution in [3.63, 3.8) is 0 Å². The van der Waals surface area contributed by atoms with Crippen LogP contribution in [0.5, 0.6) is 0 Å². The van der Waals surface area contributed by atoms with Crippen LogP contribution in [0.25, 0.3) is 0 Å². The first-order valence-electron chi connectivity index (χ1n) is 6.68. The van der Waals surface area contributed by atoms with E-state index in [2.05, 4.69) is 5.32 Å². The van der Waals surface area contributed by atoms with E-state index in [9.17, 15) is 8.78 Å². The Hall–Kier alpha value is -1.32. The van der Waals surface area contributed by atoms with Gasteiger partial charge in [-0.1, -0.05) is 32.1 Å². The molecule has 0 heterocycles. The largest absolute Gasteiger partial charge is 0.399 e.